The molecule has 0 spiro atoms. The summed E-state index contributed by atoms with van der Waals surface area (Å²) in [7, 11) is 1.69. The first-order chi connectivity index (χ1) is 6.48. The number of rotatable bonds is 7. The fourth-order valence-corrected chi connectivity index (χ4v) is 0.978. The van der Waals surface area contributed by atoms with Gasteiger partial charge in [-0.05, 0) is 33.1 Å². The highest BCUT2D eigenvalue weighted by Gasteiger charge is 2.20. The fraction of sp³-hybridized carbons (Fsp3) is 0.900. The van der Waals surface area contributed by atoms with E-state index >= 15 is 0 Å². The predicted octanol–water partition coefficient (Wildman–Crippen LogP) is 0.657. The molecule has 0 fully saturated rings. The highest BCUT2D eigenvalue weighted by molar-refractivity contribution is 5.84. The third-order valence-electron chi connectivity index (χ3n) is 1.90. The Bertz CT molecular complexity index is 164. The number of methoxy groups -OCH3 is 1. The zero-order valence-corrected chi connectivity index (χ0v) is 9.43. The molecular weight excluding hydrogens is 180 g/mol. The van der Waals surface area contributed by atoms with E-state index in [2.05, 4.69) is 5.32 Å². The number of unbranched alkanes of at least 4 members (excludes halogenated alkanes) is 2. The van der Waals surface area contributed by atoms with Crippen molar-refractivity contribution in [1.82, 2.24) is 5.32 Å². The highest BCUT2D eigenvalue weighted by atomic mass is 16.5. The van der Waals surface area contributed by atoms with E-state index in [4.69, 9.17) is 10.5 Å². The van der Waals surface area contributed by atoms with Gasteiger partial charge in [0.2, 0.25) is 5.91 Å². The Kier molecular flexibility index (Phi) is 6.49. The zero-order chi connectivity index (χ0) is 11.0. The van der Waals surface area contributed by atoms with Gasteiger partial charge in [-0.2, -0.15) is 0 Å². The zero-order valence-electron chi connectivity index (χ0n) is 9.43. The van der Waals surface area contributed by atoms with Gasteiger partial charge in [0.1, 0.15) is 0 Å². The number of hydrogen-bond acceptors (Lipinski definition) is 3. The molecule has 84 valence electrons. The molecule has 0 radical (unpaired) electrons. The van der Waals surface area contributed by atoms with Crippen LogP contribution in [0.15, 0.2) is 0 Å². The molecule has 14 heavy (non-hydrogen) atoms. The van der Waals surface area contributed by atoms with Crippen molar-refractivity contribution in [2.24, 2.45) is 5.73 Å². The molecule has 0 saturated heterocycles. The molecule has 0 rings (SSSR count). The molecule has 0 atom stereocenters. The summed E-state index contributed by atoms with van der Waals surface area (Å²) in [5, 5.41) is 2.79. The lowest BCUT2D eigenvalue weighted by Gasteiger charge is -2.17. The van der Waals surface area contributed by atoms with E-state index in [0.717, 1.165) is 25.9 Å². The maximum Gasteiger partial charge on any atom is 0.239 e. The molecule has 1 amide bonds. The second-order valence-corrected chi connectivity index (χ2v) is 4.03. The lowest BCUT2D eigenvalue weighted by molar-refractivity contribution is -0.125. The predicted molar refractivity (Wildman–Crippen MR) is 57.0 cm³/mol. The molecule has 3 N–H and O–H groups in total. The summed E-state index contributed by atoms with van der Waals surface area (Å²) < 4.78 is 4.92. The van der Waals surface area contributed by atoms with E-state index in [1.165, 1.54) is 0 Å². The van der Waals surface area contributed by atoms with Crippen LogP contribution in [-0.4, -0.2) is 31.7 Å². The summed E-state index contributed by atoms with van der Waals surface area (Å²) >= 11 is 0. The van der Waals surface area contributed by atoms with Crippen LogP contribution in [0.5, 0.6) is 0 Å². The third kappa shape index (κ3) is 6.86. The molecule has 4 heteroatoms. The van der Waals surface area contributed by atoms with Crippen LogP contribution >= 0.6 is 0 Å². The number of carbonyl (C=O) groups excluding carboxylic acids is 1. The molecule has 0 heterocycles. The molecule has 4 nitrogen and oxygen atoms in total. The van der Waals surface area contributed by atoms with Crippen molar-refractivity contribution in [3.8, 4) is 0 Å². The minimum Gasteiger partial charge on any atom is -0.385 e. The summed E-state index contributed by atoms with van der Waals surface area (Å²) in [5.74, 6) is -0.0933. The number of nitrogens with one attached hydrogen (secondary N) is 1. The maximum absolute atomic E-state index is 11.3. The SMILES string of the molecule is COCCCCCNC(=O)C(C)(C)N. The number of nitrogens with two attached hydrogens (primary N) is 1. The van der Waals surface area contributed by atoms with Gasteiger partial charge in [-0.1, -0.05) is 0 Å². The quantitative estimate of drug-likeness (QED) is 0.596. The summed E-state index contributed by atoms with van der Waals surface area (Å²) in [6.45, 7) is 4.89. The molecule has 0 bridgehead atoms. The lowest BCUT2D eigenvalue weighted by atomic mass is 10.1. The van der Waals surface area contributed by atoms with Crippen LogP contribution in [0.1, 0.15) is 33.1 Å². The van der Waals surface area contributed by atoms with Crippen LogP contribution in [0.3, 0.4) is 0 Å². The van der Waals surface area contributed by atoms with Crippen molar-refractivity contribution in [2.75, 3.05) is 20.3 Å². The van der Waals surface area contributed by atoms with Crippen molar-refractivity contribution in [1.29, 1.82) is 0 Å². The minimum atomic E-state index is -0.771. The topological polar surface area (TPSA) is 64.3 Å². The number of hydrogen-bond donors (Lipinski definition) is 2. The first kappa shape index (κ1) is 13.4. The van der Waals surface area contributed by atoms with Gasteiger partial charge in [-0.15, -0.1) is 0 Å². The minimum absolute atomic E-state index is 0.0933. The van der Waals surface area contributed by atoms with E-state index in [0.29, 0.717) is 6.54 Å². The van der Waals surface area contributed by atoms with Crippen molar-refractivity contribution in [3.63, 3.8) is 0 Å². The molecule has 0 aliphatic rings. The second kappa shape index (κ2) is 6.79. The Balaban J connectivity index is 3.33. The molecule has 0 aliphatic carbocycles. The fourth-order valence-electron chi connectivity index (χ4n) is 0.978. The van der Waals surface area contributed by atoms with E-state index < -0.39 is 5.54 Å². The standard InChI is InChI=1S/C10H22N2O2/c1-10(2,11)9(13)12-7-5-4-6-8-14-3/h4-8,11H2,1-3H3,(H,12,13). The normalized spacial score (nSPS) is 11.4. The molecule has 0 aliphatic heterocycles. The van der Waals surface area contributed by atoms with Gasteiger partial charge in [0.15, 0.2) is 0 Å². The first-order valence-corrected chi connectivity index (χ1v) is 5.04. The highest BCUT2D eigenvalue weighted by Crippen LogP contribution is 1.97. The van der Waals surface area contributed by atoms with Gasteiger partial charge in [0.25, 0.3) is 0 Å². The average molecular weight is 202 g/mol. The van der Waals surface area contributed by atoms with Crippen LogP contribution in [0.25, 0.3) is 0 Å². The Morgan fingerprint density at radius 3 is 2.50 bits per heavy atom. The van der Waals surface area contributed by atoms with E-state index in [1.54, 1.807) is 21.0 Å². The molecule has 0 aromatic rings. The van der Waals surface area contributed by atoms with Gasteiger partial charge in [-0.25, -0.2) is 0 Å². The Labute approximate surface area is 86.2 Å². The molecule has 0 aromatic heterocycles. The van der Waals surface area contributed by atoms with E-state index in [1.807, 2.05) is 0 Å². The van der Waals surface area contributed by atoms with Crippen LogP contribution in [0, 0.1) is 0 Å². The molecule has 0 saturated carbocycles. The van der Waals surface area contributed by atoms with Gasteiger partial charge in [0.05, 0.1) is 5.54 Å². The summed E-state index contributed by atoms with van der Waals surface area (Å²) in [6.07, 6.45) is 3.09. The molecule has 0 unspecified atom stereocenters. The largest absolute Gasteiger partial charge is 0.385 e. The third-order valence-corrected chi connectivity index (χ3v) is 1.90. The Morgan fingerprint density at radius 1 is 1.36 bits per heavy atom. The van der Waals surface area contributed by atoms with Crippen LogP contribution in [-0.2, 0) is 9.53 Å². The summed E-state index contributed by atoms with van der Waals surface area (Å²) in [6, 6.07) is 0. The van der Waals surface area contributed by atoms with E-state index in [9.17, 15) is 4.79 Å². The van der Waals surface area contributed by atoms with Crippen molar-refractivity contribution in [2.45, 2.75) is 38.6 Å². The number of carbonyl (C=O) groups is 1. The van der Waals surface area contributed by atoms with Crippen molar-refractivity contribution in [3.05, 3.63) is 0 Å². The molecule has 0 aromatic carbocycles. The number of ether oxygens (including phenoxy) is 1. The summed E-state index contributed by atoms with van der Waals surface area (Å²) in [5.41, 5.74) is 4.84. The van der Waals surface area contributed by atoms with Crippen molar-refractivity contribution < 1.29 is 9.53 Å². The van der Waals surface area contributed by atoms with E-state index in [-0.39, 0.29) is 5.91 Å². The number of amides is 1. The van der Waals surface area contributed by atoms with Crippen LogP contribution in [0.4, 0.5) is 0 Å². The van der Waals surface area contributed by atoms with Gasteiger partial charge in [0, 0.05) is 20.3 Å². The van der Waals surface area contributed by atoms with Crippen molar-refractivity contribution >= 4 is 5.91 Å². The van der Waals surface area contributed by atoms with Gasteiger partial charge < -0.3 is 15.8 Å². The monoisotopic (exact) mass is 202 g/mol. The Hall–Kier alpha value is -0.610. The average Bonchev–Trinajstić information content (AvgIpc) is 2.09. The van der Waals surface area contributed by atoms with Gasteiger partial charge >= 0.3 is 0 Å². The Morgan fingerprint density at radius 2 is 2.00 bits per heavy atom. The van der Waals surface area contributed by atoms with Crippen LogP contribution in [0.2, 0.25) is 0 Å². The first-order valence-electron chi connectivity index (χ1n) is 5.04. The lowest BCUT2D eigenvalue weighted by Crippen LogP contribution is -2.49. The van der Waals surface area contributed by atoms with Crippen LogP contribution < -0.4 is 11.1 Å². The maximum atomic E-state index is 11.3. The molecular formula is C10H22N2O2. The smallest absolute Gasteiger partial charge is 0.239 e. The van der Waals surface area contributed by atoms with Gasteiger partial charge in [-0.3, -0.25) is 4.79 Å². The second-order valence-electron chi connectivity index (χ2n) is 4.03. The summed E-state index contributed by atoms with van der Waals surface area (Å²) in [4.78, 5) is 11.3.